The maximum atomic E-state index is 12.5. The predicted molar refractivity (Wildman–Crippen MR) is 87.0 cm³/mol. The molecule has 1 fully saturated rings. The molecule has 1 aliphatic heterocycles. The number of amides is 2. The highest BCUT2D eigenvalue weighted by atomic mass is 16.2. The fraction of sp³-hybridized carbons (Fsp3) is 0.529. The zero-order valence-electron chi connectivity index (χ0n) is 13.9. The van der Waals surface area contributed by atoms with E-state index in [1.165, 1.54) is 4.90 Å². The van der Waals surface area contributed by atoms with E-state index in [4.69, 9.17) is 0 Å². The van der Waals surface area contributed by atoms with Gasteiger partial charge in [-0.25, -0.2) is 0 Å². The van der Waals surface area contributed by atoms with Crippen LogP contribution in [0.4, 0.5) is 5.69 Å². The Bertz CT molecular complexity index is 563. The average molecular weight is 304 g/mol. The molecule has 1 aromatic carbocycles. The lowest BCUT2D eigenvalue weighted by atomic mass is 10.1. The third-order valence-electron chi connectivity index (χ3n) is 4.51. The zero-order chi connectivity index (χ0) is 16.3. The highest BCUT2D eigenvalue weighted by molar-refractivity contribution is 5.94. The number of anilines is 1. The zero-order valence-corrected chi connectivity index (χ0v) is 13.9. The van der Waals surface area contributed by atoms with Crippen molar-refractivity contribution in [2.24, 2.45) is 0 Å². The molecule has 0 saturated carbocycles. The minimum absolute atomic E-state index is 0.0416. The number of hydrogen-bond acceptors (Lipinski definition) is 2. The van der Waals surface area contributed by atoms with E-state index in [-0.39, 0.29) is 17.9 Å². The van der Waals surface area contributed by atoms with Gasteiger partial charge < -0.3 is 15.1 Å². The maximum absolute atomic E-state index is 12.5. The van der Waals surface area contributed by atoms with Crippen LogP contribution in [0, 0.1) is 13.8 Å². The number of rotatable bonds is 3. The van der Waals surface area contributed by atoms with Gasteiger partial charge in [-0.3, -0.25) is 9.59 Å². The largest absolute Gasteiger partial charge is 0.332 e. The lowest BCUT2D eigenvalue weighted by molar-refractivity contribution is -0.917. The minimum atomic E-state index is -0.117. The standard InChI is InChI=1S/C17H25N3O2/c1-12-5-6-13(2)16(11-12)18-17(22)14(3)19-7-9-20(10-8-19)15(4)21/h5-6,11,14H,7-10H2,1-4H3,(H,18,22)/p+1/t14-/m1/s1. The second kappa shape index (κ2) is 6.92. The highest BCUT2D eigenvalue weighted by Crippen LogP contribution is 2.16. The van der Waals surface area contributed by atoms with Gasteiger partial charge in [-0.15, -0.1) is 0 Å². The molecule has 22 heavy (non-hydrogen) atoms. The molecular formula is C17H26N3O2+. The van der Waals surface area contributed by atoms with E-state index in [0.717, 1.165) is 43.0 Å². The molecule has 0 aromatic heterocycles. The van der Waals surface area contributed by atoms with Crippen LogP contribution in [0.1, 0.15) is 25.0 Å². The number of piperazine rings is 1. The fourth-order valence-electron chi connectivity index (χ4n) is 2.84. The number of nitrogens with zero attached hydrogens (tertiary/aromatic N) is 1. The van der Waals surface area contributed by atoms with Crippen molar-refractivity contribution in [3.8, 4) is 0 Å². The number of hydrogen-bond donors (Lipinski definition) is 2. The topological polar surface area (TPSA) is 53.9 Å². The van der Waals surface area contributed by atoms with Crippen LogP contribution >= 0.6 is 0 Å². The van der Waals surface area contributed by atoms with Gasteiger partial charge in [0.1, 0.15) is 0 Å². The highest BCUT2D eigenvalue weighted by Gasteiger charge is 2.30. The fourth-order valence-corrected chi connectivity index (χ4v) is 2.84. The molecule has 1 heterocycles. The van der Waals surface area contributed by atoms with Gasteiger partial charge in [-0.2, -0.15) is 0 Å². The first kappa shape index (κ1) is 16.5. The van der Waals surface area contributed by atoms with Crippen LogP contribution in [0.2, 0.25) is 0 Å². The van der Waals surface area contributed by atoms with Gasteiger partial charge in [-0.05, 0) is 38.0 Å². The van der Waals surface area contributed by atoms with Crippen LogP contribution in [0.25, 0.3) is 0 Å². The molecule has 0 bridgehead atoms. The van der Waals surface area contributed by atoms with Crippen LogP contribution in [0.15, 0.2) is 18.2 Å². The summed E-state index contributed by atoms with van der Waals surface area (Å²) in [5.74, 6) is 0.159. The van der Waals surface area contributed by atoms with Crippen LogP contribution in [0.3, 0.4) is 0 Å². The smallest absolute Gasteiger partial charge is 0.282 e. The van der Waals surface area contributed by atoms with Crippen molar-refractivity contribution in [1.82, 2.24) is 4.90 Å². The summed E-state index contributed by atoms with van der Waals surface area (Å²) in [7, 11) is 0. The molecule has 0 aliphatic carbocycles. The molecule has 0 unspecified atom stereocenters. The van der Waals surface area contributed by atoms with E-state index >= 15 is 0 Å². The molecule has 5 heteroatoms. The Hall–Kier alpha value is -1.88. The Labute approximate surface area is 132 Å². The normalized spacial score (nSPS) is 17.2. The van der Waals surface area contributed by atoms with Crippen molar-refractivity contribution >= 4 is 17.5 Å². The average Bonchev–Trinajstić information content (AvgIpc) is 2.50. The van der Waals surface area contributed by atoms with Gasteiger partial charge in [0.25, 0.3) is 5.91 Å². The molecule has 2 rings (SSSR count). The quantitative estimate of drug-likeness (QED) is 0.848. The number of carbonyl (C=O) groups is 2. The summed E-state index contributed by atoms with van der Waals surface area (Å²) in [5, 5.41) is 3.04. The Kier molecular flexibility index (Phi) is 5.19. The lowest BCUT2D eigenvalue weighted by Gasteiger charge is -2.34. The van der Waals surface area contributed by atoms with E-state index in [2.05, 4.69) is 5.32 Å². The molecule has 1 saturated heterocycles. The second-order valence-electron chi connectivity index (χ2n) is 6.19. The van der Waals surface area contributed by atoms with E-state index < -0.39 is 0 Å². The van der Waals surface area contributed by atoms with Gasteiger partial charge in [0.05, 0.1) is 26.2 Å². The summed E-state index contributed by atoms with van der Waals surface area (Å²) < 4.78 is 0. The maximum Gasteiger partial charge on any atom is 0.282 e. The Balaban J connectivity index is 1.95. The van der Waals surface area contributed by atoms with Gasteiger partial charge in [-0.1, -0.05) is 12.1 Å². The molecular weight excluding hydrogens is 278 g/mol. The van der Waals surface area contributed by atoms with Crippen molar-refractivity contribution in [2.45, 2.75) is 33.7 Å². The molecule has 120 valence electrons. The van der Waals surface area contributed by atoms with Gasteiger partial charge >= 0.3 is 0 Å². The van der Waals surface area contributed by atoms with Crippen LogP contribution in [-0.2, 0) is 9.59 Å². The second-order valence-corrected chi connectivity index (χ2v) is 6.19. The molecule has 1 aliphatic rings. The third-order valence-corrected chi connectivity index (χ3v) is 4.51. The molecule has 2 amide bonds. The Morgan fingerprint density at radius 1 is 1.23 bits per heavy atom. The van der Waals surface area contributed by atoms with Gasteiger partial charge in [0.2, 0.25) is 5.91 Å². The van der Waals surface area contributed by atoms with Crippen LogP contribution < -0.4 is 10.2 Å². The SMILES string of the molecule is CC(=O)N1CC[NH+]([C@H](C)C(=O)Nc2cc(C)ccc2C)CC1. The number of quaternary nitrogens is 1. The summed E-state index contributed by atoms with van der Waals surface area (Å²) >= 11 is 0. The van der Waals surface area contributed by atoms with E-state index in [1.807, 2.05) is 43.9 Å². The monoisotopic (exact) mass is 304 g/mol. The van der Waals surface area contributed by atoms with Gasteiger partial charge in [0, 0.05) is 12.6 Å². The van der Waals surface area contributed by atoms with Crippen LogP contribution in [0.5, 0.6) is 0 Å². The first-order chi connectivity index (χ1) is 10.4. The number of carbonyl (C=O) groups excluding carboxylic acids is 2. The Morgan fingerprint density at radius 3 is 2.45 bits per heavy atom. The molecule has 1 aromatic rings. The van der Waals surface area contributed by atoms with Gasteiger partial charge in [0.15, 0.2) is 6.04 Å². The summed E-state index contributed by atoms with van der Waals surface area (Å²) in [4.78, 5) is 26.9. The third kappa shape index (κ3) is 3.85. The van der Waals surface area contributed by atoms with Crippen molar-refractivity contribution in [1.29, 1.82) is 0 Å². The number of aryl methyl sites for hydroxylation is 2. The van der Waals surface area contributed by atoms with Crippen LogP contribution in [-0.4, -0.2) is 48.9 Å². The molecule has 0 spiro atoms. The number of nitrogens with one attached hydrogen (secondary N) is 2. The first-order valence-corrected chi connectivity index (χ1v) is 7.86. The predicted octanol–water partition coefficient (Wildman–Crippen LogP) is 0.377. The summed E-state index contributed by atoms with van der Waals surface area (Å²) in [5.41, 5.74) is 3.09. The molecule has 0 radical (unpaired) electrons. The summed E-state index contributed by atoms with van der Waals surface area (Å²) in [6.07, 6.45) is 0. The lowest BCUT2D eigenvalue weighted by Crippen LogP contribution is -3.19. The van der Waals surface area contributed by atoms with Crippen molar-refractivity contribution in [3.63, 3.8) is 0 Å². The summed E-state index contributed by atoms with van der Waals surface area (Å²) in [6, 6.07) is 5.95. The van der Waals surface area contributed by atoms with E-state index in [0.29, 0.717) is 0 Å². The molecule has 1 atom stereocenters. The van der Waals surface area contributed by atoms with E-state index in [1.54, 1.807) is 6.92 Å². The van der Waals surface area contributed by atoms with E-state index in [9.17, 15) is 9.59 Å². The Morgan fingerprint density at radius 2 is 1.86 bits per heavy atom. The summed E-state index contributed by atoms with van der Waals surface area (Å²) in [6.45, 7) is 10.7. The number of benzene rings is 1. The molecule has 2 N–H and O–H groups in total. The molecule has 5 nitrogen and oxygen atoms in total. The first-order valence-electron chi connectivity index (χ1n) is 7.86. The van der Waals surface area contributed by atoms with Crippen molar-refractivity contribution in [3.05, 3.63) is 29.3 Å². The minimum Gasteiger partial charge on any atom is -0.332 e. The van der Waals surface area contributed by atoms with Crippen molar-refractivity contribution in [2.75, 3.05) is 31.5 Å². The van der Waals surface area contributed by atoms with Crippen molar-refractivity contribution < 1.29 is 14.5 Å².